The third kappa shape index (κ3) is 1.51. The van der Waals surface area contributed by atoms with Crippen molar-refractivity contribution in [3.63, 3.8) is 0 Å². The van der Waals surface area contributed by atoms with Gasteiger partial charge >= 0.3 is 0 Å². The molecular formula is C11H12FN3. The number of rotatable bonds is 1. The Morgan fingerprint density at radius 2 is 2.47 bits per heavy atom. The van der Waals surface area contributed by atoms with Gasteiger partial charge in [-0.1, -0.05) is 0 Å². The van der Waals surface area contributed by atoms with Crippen LogP contribution in [0.1, 0.15) is 24.6 Å². The fourth-order valence-electron chi connectivity index (χ4n) is 2.08. The standard InChI is InChI=1S/C11H12FN3/c12-8-3-5-15-7-10(14-11(15)6-8)9-2-1-4-13-9/h3,5-7,9,13H,1-2,4H2. The summed E-state index contributed by atoms with van der Waals surface area (Å²) in [5.74, 6) is -0.237. The van der Waals surface area contributed by atoms with E-state index in [2.05, 4.69) is 10.3 Å². The van der Waals surface area contributed by atoms with E-state index >= 15 is 0 Å². The lowest BCUT2D eigenvalue weighted by atomic mass is 10.2. The highest BCUT2D eigenvalue weighted by atomic mass is 19.1. The smallest absolute Gasteiger partial charge is 0.139 e. The number of imidazole rings is 1. The van der Waals surface area contributed by atoms with Gasteiger partial charge in [-0.3, -0.25) is 0 Å². The van der Waals surface area contributed by atoms with E-state index in [1.54, 1.807) is 6.20 Å². The van der Waals surface area contributed by atoms with Crippen molar-refractivity contribution < 1.29 is 4.39 Å². The average molecular weight is 205 g/mol. The molecule has 15 heavy (non-hydrogen) atoms. The molecule has 0 saturated carbocycles. The quantitative estimate of drug-likeness (QED) is 0.770. The lowest BCUT2D eigenvalue weighted by Crippen LogP contribution is -2.12. The third-order valence-corrected chi connectivity index (χ3v) is 2.86. The molecular weight excluding hydrogens is 193 g/mol. The molecule has 3 heterocycles. The Hall–Kier alpha value is -1.42. The summed E-state index contributed by atoms with van der Waals surface area (Å²) in [6.45, 7) is 1.05. The zero-order valence-corrected chi connectivity index (χ0v) is 8.28. The number of nitrogens with one attached hydrogen (secondary N) is 1. The van der Waals surface area contributed by atoms with Gasteiger partial charge in [0.05, 0.1) is 11.7 Å². The minimum Gasteiger partial charge on any atom is -0.309 e. The Morgan fingerprint density at radius 3 is 3.27 bits per heavy atom. The fourth-order valence-corrected chi connectivity index (χ4v) is 2.08. The number of nitrogens with zero attached hydrogens (tertiary/aromatic N) is 2. The minimum absolute atomic E-state index is 0.237. The van der Waals surface area contributed by atoms with Crippen LogP contribution in [0.5, 0.6) is 0 Å². The van der Waals surface area contributed by atoms with Crippen LogP contribution in [0.3, 0.4) is 0 Å². The minimum atomic E-state index is -0.237. The van der Waals surface area contributed by atoms with Crippen LogP contribution in [0, 0.1) is 5.82 Å². The molecule has 78 valence electrons. The maximum Gasteiger partial charge on any atom is 0.139 e. The fraction of sp³-hybridized carbons (Fsp3) is 0.364. The largest absolute Gasteiger partial charge is 0.309 e. The first-order valence-corrected chi connectivity index (χ1v) is 5.20. The van der Waals surface area contributed by atoms with Crippen molar-refractivity contribution in [1.82, 2.24) is 14.7 Å². The molecule has 0 amide bonds. The Labute approximate surface area is 86.9 Å². The van der Waals surface area contributed by atoms with E-state index < -0.39 is 0 Å². The van der Waals surface area contributed by atoms with Gasteiger partial charge in [0.25, 0.3) is 0 Å². The molecule has 3 nitrogen and oxygen atoms in total. The van der Waals surface area contributed by atoms with Gasteiger partial charge in [-0.25, -0.2) is 9.37 Å². The molecule has 3 rings (SSSR count). The molecule has 4 heteroatoms. The number of halogens is 1. The van der Waals surface area contributed by atoms with Gasteiger partial charge in [-0.2, -0.15) is 0 Å². The van der Waals surface area contributed by atoms with Crippen LogP contribution in [0.25, 0.3) is 5.65 Å². The Bertz CT molecular complexity index is 486. The van der Waals surface area contributed by atoms with E-state index in [0.717, 1.165) is 18.7 Å². The summed E-state index contributed by atoms with van der Waals surface area (Å²) in [6, 6.07) is 3.24. The monoisotopic (exact) mass is 205 g/mol. The molecule has 0 aliphatic carbocycles. The summed E-state index contributed by atoms with van der Waals surface area (Å²) in [4.78, 5) is 4.42. The van der Waals surface area contributed by atoms with E-state index in [1.807, 2.05) is 10.6 Å². The molecule has 1 N–H and O–H groups in total. The molecule has 1 saturated heterocycles. The van der Waals surface area contributed by atoms with E-state index in [9.17, 15) is 4.39 Å². The van der Waals surface area contributed by atoms with Crippen molar-refractivity contribution in [3.05, 3.63) is 36.0 Å². The van der Waals surface area contributed by atoms with Crippen molar-refractivity contribution in [2.24, 2.45) is 0 Å². The number of fused-ring (bicyclic) bond motifs is 1. The first-order valence-electron chi connectivity index (χ1n) is 5.20. The lowest BCUT2D eigenvalue weighted by molar-refractivity contribution is 0.626. The molecule has 2 aromatic heterocycles. The highest BCUT2D eigenvalue weighted by Gasteiger charge is 2.18. The SMILES string of the molecule is Fc1ccn2cc(C3CCCN3)nc2c1. The Morgan fingerprint density at radius 1 is 1.53 bits per heavy atom. The molecule has 1 aliphatic rings. The third-order valence-electron chi connectivity index (χ3n) is 2.86. The lowest BCUT2D eigenvalue weighted by Gasteiger charge is -2.04. The number of hydrogen-bond acceptors (Lipinski definition) is 2. The van der Waals surface area contributed by atoms with Crippen LogP contribution >= 0.6 is 0 Å². The van der Waals surface area contributed by atoms with Crippen molar-refractivity contribution in [2.75, 3.05) is 6.54 Å². The topological polar surface area (TPSA) is 29.3 Å². The highest BCUT2D eigenvalue weighted by molar-refractivity contribution is 5.40. The molecule has 1 atom stereocenters. The van der Waals surface area contributed by atoms with Gasteiger partial charge in [0.1, 0.15) is 11.5 Å². The predicted octanol–water partition coefficient (Wildman–Crippen LogP) is 1.90. The van der Waals surface area contributed by atoms with Crippen LogP contribution in [0.15, 0.2) is 24.5 Å². The molecule has 0 spiro atoms. The molecule has 1 aliphatic heterocycles. The number of aromatic nitrogens is 2. The summed E-state index contributed by atoms with van der Waals surface area (Å²) < 4.78 is 14.8. The first kappa shape index (κ1) is 8.85. The average Bonchev–Trinajstić information content (AvgIpc) is 2.84. The van der Waals surface area contributed by atoms with E-state index in [1.165, 1.54) is 18.6 Å². The molecule has 1 fully saturated rings. The van der Waals surface area contributed by atoms with E-state index in [0.29, 0.717) is 11.7 Å². The maximum atomic E-state index is 13.0. The van der Waals surface area contributed by atoms with Crippen LogP contribution in [0.4, 0.5) is 4.39 Å². The van der Waals surface area contributed by atoms with Crippen molar-refractivity contribution >= 4 is 5.65 Å². The zero-order chi connectivity index (χ0) is 10.3. The van der Waals surface area contributed by atoms with E-state index in [-0.39, 0.29) is 5.82 Å². The molecule has 1 unspecified atom stereocenters. The molecule has 0 aromatic carbocycles. The molecule has 0 bridgehead atoms. The van der Waals surface area contributed by atoms with Gasteiger partial charge in [0, 0.05) is 18.5 Å². The highest BCUT2D eigenvalue weighted by Crippen LogP contribution is 2.22. The Kier molecular flexibility index (Phi) is 1.95. The summed E-state index contributed by atoms with van der Waals surface area (Å²) in [5, 5.41) is 3.38. The van der Waals surface area contributed by atoms with Gasteiger partial charge in [0.15, 0.2) is 0 Å². The number of pyridine rings is 1. The maximum absolute atomic E-state index is 13.0. The van der Waals surface area contributed by atoms with Gasteiger partial charge in [0.2, 0.25) is 0 Å². The normalized spacial score (nSPS) is 21.3. The first-order chi connectivity index (χ1) is 7.33. The van der Waals surface area contributed by atoms with Gasteiger partial charge in [-0.05, 0) is 25.5 Å². The van der Waals surface area contributed by atoms with Crippen LogP contribution in [0.2, 0.25) is 0 Å². The van der Waals surface area contributed by atoms with Crippen molar-refractivity contribution in [2.45, 2.75) is 18.9 Å². The molecule has 0 radical (unpaired) electrons. The Balaban J connectivity index is 2.05. The van der Waals surface area contributed by atoms with Gasteiger partial charge in [-0.15, -0.1) is 0 Å². The predicted molar refractivity (Wildman–Crippen MR) is 55.1 cm³/mol. The summed E-state index contributed by atoms with van der Waals surface area (Å²) >= 11 is 0. The second-order valence-electron chi connectivity index (χ2n) is 3.93. The molecule has 2 aromatic rings. The van der Waals surface area contributed by atoms with Crippen LogP contribution < -0.4 is 5.32 Å². The van der Waals surface area contributed by atoms with Crippen molar-refractivity contribution in [1.29, 1.82) is 0 Å². The summed E-state index contributed by atoms with van der Waals surface area (Å²) in [6.07, 6.45) is 5.98. The summed E-state index contributed by atoms with van der Waals surface area (Å²) in [7, 11) is 0. The second-order valence-corrected chi connectivity index (χ2v) is 3.93. The second kappa shape index (κ2) is 3.31. The van der Waals surface area contributed by atoms with Gasteiger partial charge < -0.3 is 9.72 Å². The van der Waals surface area contributed by atoms with E-state index in [4.69, 9.17) is 0 Å². The van der Waals surface area contributed by atoms with Crippen LogP contribution in [-0.4, -0.2) is 15.9 Å². The number of hydrogen-bond donors (Lipinski definition) is 1. The van der Waals surface area contributed by atoms with Crippen LogP contribution in [-0.2, 0) is 0 Å². The van der Waals surface area contributed by atoms with Crippen molar-refractivity contribution in [3.8, 4) is 0 Å². The zero-order valence-electron chi connectivity index (χ0n) is 8.28. The summed E-state index contributed by atoms with van der Waals surface area (Å²) in [5.41, 5.74) is 1.69.